The van der Waals surface area contributed by atoms with Crippen LogP contribution < -0.4 is 14.8 Å². The number of rotatable bonds is 7. The van der Waals surface area contributed by atoms with E-state index in [0.717, 1.165) is 53.8 Å². The first-order valence-corrected chi connectivity index (χ1v) is 14.3. The minimum Gasteiger partial charge on any atom is -0.493 e. The Morgan fingerprint density at radius 2 is 1.62 bits per heavy atom. The normalized spacial score (nSPS) is 17.6. The zero-order chi connectivity index (χ0) is 28.6. The van der Waals surface area contributed by atoms with E-state index in [-0.39, 0.29) is 34.9 Å². The molecule has 1 N–H and O–H groups in total. The molecule has 0 unspecified atom stereocenters. The molecule has 0 radical (unpaired) electrons. The molecule has 0 spiro atoms. The van der Waals surface area contributed by atoms with Gasteiger partial charge >= 0.3 is 0 Å². The summed E-state index contributed by atoms with van der Waals surface area (Å²) in [6.07, 6.45) is 4.14. The van der Waals surface area contributed by atoms with E-state index < -0.39 is 5.92 Å². The minimum absolute atomic E-state index is 0.0769. The first kappa shape index (κ1) is 28.0. The zero-order valence-electron chi connectivity index (χ0n) is 23.5. The highest BCUT2D eigenvalue weighted by atomic mass is 35.5. The number of nitrogens with zero attached hydrogens (tertiary/aromatic N) is 1. The third kappa shape index (κ3) is 5.15. The third-order valence-electron chi connectivity index (χ3n) is 8.13. The van der Waals surface area contributed by atoms with Crippen molar-refractivity contribution in [3.63, 3.8) is 0 Å². The monoisotopic (exact) mass is 562 g/mol. The van der Waals surface area contributed by atoms with E-state index in [1.54, 1.807) is 12.1 Å². The number of benzene rings is 2. The third-order valence-corrected chi connectivity index (χ3v) is 8.41. The summed E-state index contributed by atoms with van der Waals surface area (Å²) in [5.41, 5.74) is 7.06. The van der Waals surface area contributed by atoms with Crippen LogP contribution in [0.25, 0.3) is 0 Å². The number of anilines is 1. The van der Waals surface area contributed by atoms with Gasteiger partial charge in [0.1, 0.15) is 0 Å². The molecule has 1 aliphatic heterocycles. The highest BCUT2D eigenvalue weighted by molar-refractivity contribution is 6.32. The van der Waals surface area contributed by atoms with Gasteiger partial charge in [-0.3, -0.25) is 14.4 Å². The van der Waals surface area contributed by atoms with Gasteiger partial charge in [0, 0.05) is 53.5 Å². The van der Waals surface area contributed by atoms with E-state index in [1.165, 1.54) is 7.11 Å². The van der Waals surface area contributed by atoms with Gasteiger partial charge in [0.15, 0.2) is 29.7 Å². The maximum absolute atomic E-state index is 13.4. The number of nitrogens with one attached hydrogen (secondary N) is 1. The fourth-order valence-electron chi connectivity index (χ4n) is 6.13. The van der Waals surface area contributed by atoms with Gasteiger partial charge in [0.05, 0.1) is 12.1 Å². The lowest BCUT2D eigenvalue weighted by Gasteiger charge is -2.43. The van der Waals surface area contributed by atoms with E-state index in [2.05, 4.69) is 17.1 Å². The molecule has 0 bridgehead atoms. The Labute approximate surface area is 240 Å². The van der Waals surface area contributed by atoms with E-state index in [9.17, 15) is 14.4 Å². The molecule has 0 saturated carbocycles. The lowest BCUT2D eigenvalue weighted by Crippen LogP contribution is -2.39. The number of aryl methyl sites for hydroxylation is 2. The van der Waals surface area contributed by atoms with Crippen LogP contribution in [-0.2, 0) is 14.4 Å². The summed E-state index contributed by atoms with van der Waals surface area (Å²) in [7, 11) is 1.50. The summed E-state index contributed by atoms with van der Waals surface area (Å²) in [4.78, 5) is 41.6. The fourth-order valence-corrected chi connectivity index (χ4v) is 6.41. The molecule has 0 atom stereocenters. The van der Waals surface area contributed by atoms with Crippen molar-refractivity contribution in [2.24, 2.45) is 0 Å². The molecule has 210 valence electrons. The summed E-state index contributed by atoms with van der Waals surface area (Å²) in [6, 6.07) is 9.23. The van der Waals surface area contributed by atoms with E-state index in [1.807, 2.05) is 32.0 Å². The number of methoxy groups -OCH3 is 1. The number of ketones is 2. The quantitative estimate of drug-likeness (QED) is 0.419. The van der Waals surface area contributed by atoms with Crippen molar-refractivity contribution in [2.75, 3.05) is 25.6 Å². The number of Topliss-reactive ketones (excluding diaryl/α,β-unsaturated/α-hetero) is 2. The molecule has 7 nitrogen and oxygen atoms in total. The number of hydrogen-bond donors (Lipinski definition) is 1. The number of carbonyl (C=O) groups excluding carboxylic acids is 3. The Morgan fingerprint density at radius 1 is 0.975 bits per heavy atom. The molecule has 2 aliphatic carbocycles. The van der Waals surface area contributed by atoms with Crippen LogP contribution in [0.3, 0.4) is 0 Å². The topological polar surface area (TPSA) is 84.9 Å². The average molecular weight is 563 g/mol. The van der Waals surface area contributed by atoms with Crippen molar-refractivity contribution in [1.29, 1.82) is 0 Å². The predicted octanol–water partition coefficient (Wildman–Crippen LogP) is 6.42. The molecule has 0 saturated heterocycles. The molecule has 8 heteroatoms. The second-order valence-electron chi connectivity index (χ2n) is 10.6. The lowest BCUT2D eigenvalue weighted by molar-refractivity contribution is -0.118. The van der Waals surface area contributed by atoms with Crippen LogP contribution >= 0.6 is 11.6 Å². The smallest absolute Gasteiger partial charge is 0.262 e. The molecule has 40 heavy (non-hydrogen) atoms. The van der Waals surface area contributed by atoms with Crippen LogP contribution in [0.5, 0.6) is 11.5 Å². The first-order valence-electron chi connectivity index (χ1n) is 13.9. The number of halogens is 1. The van der Waals surface area contributed by atoms with Crippen LogP contribution in [-0.4, -0.2) is 42.6 Å². The largest absolute Gasteiger partial charge is 0.493 e. The lowest BCUT2D eigenvalue weighted by atomic mass is 9.71. The second kappa shape index (κ2) is 11.5. The first-order chi connectivity index (χ1) is 19.2. The summed E-state index contributed by atoms with van der Waals surface area (Å²) in [5, 5.41) is 3.09. The fraction of sp³-hybridized carbons (Fsp3) is 0.406. The summed E-state index contributed by atoms with van der Waals surface area (Å²) >= 11 is 6.74. The number of amides is 1. The molecule has 2 aromatic carbocycles. The SMILES string of the molecule is CCN1C2=C(C(=O)CCC2)C(c2cc(Cl)c(OCC(=O)Nc3ccc(C)c(C)c3)c(OC)c2)C2=C1CCCC2=O. The maximum Gasteiger partial charge on any atom is 0.262 e. The molecule has 1 amide bonds. The van der Waals surface area contributed by atoms with Crippen molar-refractivity contribution in [1.82, 2.24) is 4.90 Å². The summed E-state index contributed by atoms with van der Waals surface area (Å²) in [5.74, 6) is -0.0941. The van der Waals surface area contributed by atoms with Crippen LogP contribution in [0.15, 0.2) is 52.9 Å². The number of carbonyl (C=O) groups is 3. The maximum atomic E-state index is 13.4. The van der Waals surface area contributed by atoms with Gasteiger partial charge in [-0.25, -0.2) is 0 Å². The van der Waals surface area contributed by atoms with Crippen LogP contribution in [0.1, 0.15) is 68.1 Å². The average Bonchev–Trinajstić information content (AvgIpc) is 2.93. The van der Waals surface area contributed by atoms with Crippen molar-refractivity contribution >= 4 is 34.8 Å². The molecule has 0 aromatic heterocycles. The van der Waals surface area contributed by atoms with Crippen molar-refractivity contribution in [3.8, 4) is 11.5 Å². The number of ether oxygens (including phenoxy) is 2. The number of allylic oxidation sites excluding steroid dienone is 4. The standard InChI is InChI=1S/C32H35ClN2O5/c1-5-35-23-8-6-10-25(36)30(23)29(31-24(35)9-7-11-26(31)37)20-15-22(33)32(27(16-20)39-4)40-17-28(38)34-21-13-12-18(2)19(3)14-21/h12-16,29H,5-11,17H2,1-4H3,(H,34,38). The van der Waals surface area contributed by atoms with Gasteiger partial charge in [-0.1, -0.05) is 17.7 Å². The molecule has 3 aliphatic rings. The van der Waals surface area contributed by atoms with Crippen molar-refractivity contribution in [3.05, 3.63) is 74.6 Å². The van der Waals surface area contributed by atoms with Crippen LogP contribution in [0.4, 0.5) is 5.69 Å². The summed E-state index contributed by atoms with van der Waals surface area (Å²) < 4.78 is 11.5. The highest BCUT2D eigenvalue weighted by Crippen LogP contribution is 2.51. The predicted molar refractivity (Wildman–Crippen MR) is 155 cm³/mol. The van der Waals surface area contributed by atoms with Gasteiger partial charge in [0.25, 0.3) is 5.91 Å². The van der Waals surface area contributed by atoms with Gasteiger partial charge in [-0.2, -0.15) is 0 Å². The number of hydrogen-bond acceptors (Lipinski definition) is 6. The molecule has 0 fully saturated rings. The summed E-state index contributed by atoms with van der Waals surface area (Å²) in [6.45, 7) is 6.51. The molecule has 2 aromatic rings. The van der Waals surface area contributed by atoms with E-state index >= 15 is 0 Å². The van der Waals surface area contributed by atoms with Gasteiger partial charge in [-0.05, 0) is 87.4 Å². The Hall–Kier alpha value is -3.58. The van der Waals surface area contributed by atoms with Gasteiger partial charge in [0.2, 0.25) is 0 Å². The minimum atomic E-state index is -0.498. The van der Waals surface area contributed by atoms with Crippen LogP contribution in [0, 0.1) is 13.8 Å². The Balaban J connectivity index is 1.47. The Morgan fingerprint density at radius 3 is 2.20 bits per heavy atom. The van der Waals surface area contributed by atoms with Gasteiger partial charge in [-0.15, -0.1) is 0 Å². The molecule has 1 heterocycles. The Bertz CT molecular complexity index is 1410. The highest BCUT2D eigenvalue weighted by Gasteiger charge is 2.43. The molecular weight excluding hydrogens is 528 g/mol. The van der Waals surface area contributed by atoms with Crippen molar-refractivity contribution in [2.45, 2.75) is 65.2 Å². The second-order valence-corrected chi connectivity index (χ2v) is 11.0. The zero-order valence-corrected chi connectivity index (χ0v) is 24.2. The van der Waals surface area contributed by atoms with E-state index in [4.69, 9.17) is 21.1 Å². The van der Waals surface area contributed by atoms with Gasteiger partial charge < -0.3 is 19.7 Å². The molecule has 5 rings (SSSR count). The van der Waals surface area contributed by atoms with Crippen molar-refractivity contribution < 1.29 is 23.9 Å². The van der Waals surface area contributed by atoms with E-state index in [0.29, 0.717) is 42.0 Å². The molecular formula is C32H35ClN2O5. The van der Waals surface area contributed by atoms with Crippen LogP contribution in [0.2, 0.25) is 5.02 Å². The Kier molecular flexibility index (Phi) is 8.04.